The van der Waals surface area contributed by atoms with E-state index in [2.05, 4.69) is 4.98 Å². The zero-order chi connectivity index (χ0) is 15.0. The minimum atomic E-state index is -0.969. The summed E-state index contributed by atoms with van der Waals surface area (Å²) in [7, 11) is 0. The first-order chi connectivity index (χ1) is 10.1. The van der Waals surface area contributed by atoms with Gasteiger partial charge in [-0.25, -0.2) is 9.78 Å². The first-order valence-electron chi connectivity index (χ1n) is 6.34. The molecule has 2 heterocycles. The Kier molecular flexibility index (Phi) is 3.31. The Labute approximate surface area is 124 Å². The van der Waals surface area contributed by atoms with Crippen molar-refractivity contribution in [2.45, 2.75) is 13.5 Å². The molecule has 0 unspecified atom stereocenters. The second kappa shape index (κ2) is 5.14. The highest BCUT2D eigenvalue weighted by Gasteiger charge is 2.14. The van der Waals surface area contributed by atoms with E-state index in [9.17, 15) is 14.7 Å². The van der Waals surface area contributed by atoms with Crippen molar-refractivity contribution in [2.24, 2.45) is 0 Å². The molecule has 2 aromatic heterocycles. The van der Waals surface area contributed by atoms with Crippen LogP contribution in [0.25, 0.3) is 11.0 Å². The Morgan fingerprint density at radius 1 is 1.33 bits per heavy atom. The molecule has 106 valence electrons. The van der Waals surface area contributed by atoms with Gasteiger partial charge in [0.15, 0.2) is 0 Å². The summed E-state index contributed by atoms with van der Waals surface area (Å²) in [6.45, 7) is 1.89. The number of aryl methyl sites for hydroxylation is 1. The lowest BCUT2D eigenvalue weighted by Gasteiger charge is -2.10. The van der Waals surface area contributed by atoms with Crippen LogP contribution in [0.3, 0.4) is 0 Å². The second-order valence-corrected chi connectivity index (χ2v) is 5.57. The highest BCUT2D eigenvalue weighted by atomic mass is 32.1. The van der Waals surface area contributed by atoms with Gasteiger partial charge in [0.1, 0.15) is 10.6 Å². The molecule has 0 bridgehead atoms. The van der Waals surface area contributed by atoms with Crippen molar-refractivity contribution in [3.63, 3.8) is 0 Å². The first kappa shape index (κ1) is 13.5. The first-order valence-corrected chi connectivity index (χ1v) is 7.21. The summed E-state index contributed by atoms with van der Waals surface area (Å²) >= 11 is 1.16. The minimum Gasteiger partial charge on any atom is -0.477 e. The summed E-state index contributed by atoms with van der Waals surface area (Å²) in [5, 5.41) is 10.9. The molecule has 0 fully saturated rings. The monoisotopic (exact) mass is 300 g/mol. The number of benzene rings is 1. The summed E-state index contributed by atoms with van der Waals surface area (Å²) in [5.74, 6) is -0.969. The van der Waals surface area contributed by atoms with Crippen LogP contribution in [0.5, 0.6) is 0 Å². The average Bonchev–Trinajstić information content (AvgIpc) is 2.92. The number of carboxylic acid groups (broad SMARTS) is 1. The molecule has 0 aliphatic carbocycles. The normalized spacial score (nSPS) is 10.9. The fraction of sp³-hybridized carbons (Fsp3) is 0.133. The largest absolute Gasteiger partial charge is 0.477 e. The van der Waals surface area contributed by atoms with E-state index >= 15 is 0 Å². The maximum absolute atomic E-state index is 12.3. The van der Waals surface area contributed by atoms with Gasteiger partial charge in [-0.1, -0.05) is 12.1 Å². The van der Waals surface area contributed by atoms with Crippen LogP contribution < -0.4 is 5.56 Å². The van der Waals surface area contributed by atoms with E-state index < -0.39 is 5.97 Å². The van der Waals surface area contributed by atoms with Gasteiger partial charge in [0.2, 0.25) is 0 Å². The molecule has 0 spiro atoms. The number of aromatic carboxylic acids is 1. The predicted molar refractivity (Wildman–Crippen MR) is 81.1 cm³/mol. The fourth-order valence-electron chi connectivity index (χ4n) is 2.30. The molecule has 21 heavy (non-hydrogen) atoms. The van der Waals surface area contributed by atoms with Crippen molar-refractivity contribution >= 4 is 28.3 Å². The summed E-state index contributed by atoms with van der Waals surface area (Å²) < 4.78 is 1.58. The molecule has 1 N–H and O–H groups in total. The summed E-state index contributed by atoms with van der Waals surface area (Å²) in [6.07, 6.45) is 0. The number of hydrogen-bond donors (Lipinski definition) is 1. The Hall–Kier alpha value is -2.47. The van der Waals surface area contributed by atoms with Crippen molar-refractivity contribution in [3.8, 4) is 0 Å². The third-order valence-corrected chi connectivity index (χ3v) is 4.23. The number of hydrogen-bond acceptors (Lipinski definition) is 4. The van der Waals surface area contributed by atoms with Crippen LogP contribution in [-0.4, -0.2) is 20.6 Å². The molecule has 0 saturated carbocycles. The summed E-state index contributed by atoms with van der Waals surface area (Å²) in [6, 6.07) is 9.09. The van der Waals surface area contributed by atoms with Gasteiger partial charge in [0.05, 0.1) is 17.6 Å². The summed E-state index contributed by atoms with van der Waals surface area (Å²) in [5.41, 5.74) is 2.26. The van der Waals surface area contributed by atoms with E-state index in [1.807, 2.05) is 24.3 Å². The highest BCUT2D eigenvalue weighted by Crippen LogP contribution is 2.19. The van der Waals surface area contributed by atoms with E-state index in [-0.39, 0.29) is 17.0 Å². The Morgan fingerprint density at radius 3 is 2.86 bits per heavy atom. The molecule has 3 rings (SSSR count). The van der Waals surface area contributed by atoms with Gasteiger partial charge in [0, 0.05) is 0 Å². The van der Waals surface area contributed by atoms with Crippen LogP contribution in [0, 0.1) is 6.92 Å². The van der Waals surface area contributed by atoms with E-state index in [0.29, 0.717) is 16.8 Å². The van der Waals surface area contributed by atoms with E-state index in [0.717, 1.165) is 16.9 Å². The van der Waals surface area contributed by atoms with Crippen molar-refractivity contribution in [2.75, 3.05) is 0 Å². The van der Waals surface area contributed by atoms with Crippen molar-refractivity contribution in [1.82, 2.24) is 9.55 Å². The number of carbonyl (C=O) groups is 1. The van der Waals surface area contributed by atoms with Crippen LogP contribution in [0.1, 0.15) is 20.9 Å². The van der Waals surface area contributed by atoms with Crippen molar-refractivity contribution in [3.05, 3.63) is 62.2 Å². The van der Waals surface area contributed by atoms with E-state index in [4.69, 9.17) is 0 Å². The number of para-hydroxylation sites is 2. The maximum Gasteiger partial charge on any atom is 0.346 e. The topological polar surface area (TPSA) is 72.2 Å². The predicted octanol–water partition coefficient (Wildman–Crippen LogP) is 2.51. The average molecular weight is 300 g/mol. The zero-order valence-corrected chi connectivity index (χ0v) is 12.1. The molecule has 0 saturated heterocycles. The number of carboxylic acids is 1. The molecule has 0 atom stereocenters. The molecule has 0 radical (unpaired) electrons. The highest BCUT2D eigenvalue weighted by molar-refractivity contribution is 7.12. The number of rotatable bonds is 3. The fourth-order valence-corrected chi connectivity index (χ4v) is 3.05. The third kappa shape index (κ3) is 2.34. The van der Waals surface area contributed by atoms with Gasteiger partial charge in [-0.2, -0.15) is 0 Å². The van der Waals surface area contributed by atoms with E-state index in [1.54, 1.807) is 22.9 Å². The Bertz CT molecular complexity index is 895. The number of aromatic nitrogens is 2. The van der Waals surface area contributed by atoms with Crippen LogP contribution >= 0.6 is 11.3 Å². The van der Waals surface area contributed by atoms with E-state index in [1.165, 1.54) is 0 Å². The van der Waals surface area contributed by atoms with Gasteiger partial charge in [0.25, 0.3) is 5.56 Å². The van der Waals surface area contributed by atoms with Crippen LogP contribution in [0.4, 0.5) is 0 Å². The van der Waals surface area contributed by atoms with Crippen molar-refractivity contribution < 1.29 is 9.90 Å². The third-order valence-electron chi connectivity index (χ3n) is 3.28. The molecular formula is C15H12N2O3S. The second-order valence-electron chi connectivity index (χ2n) is 4.66. The number of nitrogens with zero attached hydrogens (tertiary/aromatic N) is 2. The molecule has 5 nitrogen and oxygen atoms in total. The standard InChI is InChI=1S/C15H12N2O3S/c1-9-14(18)17(12-5-3-2-4-11(12)16-9)8-10-6-7-21-13(10)15(19)20/h2-7H,8H2,1H3,(H,19,20). The minimum absolute atomic E-state index is 0.198. The molecule has 6 heteroatoms. The SMILES string of the molecule is Cc1nc2ccccc2n(Cc2ccsc2C(=O)O)c1=O. The van der Waals surface area contributed by atoms with Crippen LogP contribution in [0.15, 0.2) is 40.5 Å². The van der Waals surface area contributed by atoms with Gasteiger partial charge < -0.3 is 9.67 Å². The lowest BCUT2D eigenvalue weighted by atomic mass is 10.2. The number of fused-ring (bicyclic) bond motifs is 1. The quantitative estimate of drug-likeness (QED) is 0.806. The smallest absolute Gasteiger partial charge is 0.346 e. The molecule has 3 aromatic rings. The molecule has 1 aromatic carbocycles. The van der Waals surface area contributed by atoms with Crippen LogP contribution in [0.2, 0.25) is 0 Å². The Balaban J connectivity index is 2.20. The van der Waals surface area contributed by atoms with Crippen molar-refractivity contribution in [1.29, 1.82) is 0 Å². The lowest BCUT2D eigenvalue weighted by Crippen LogP contribution is -2.25. The van der Waals surface area contributed by atoms with Gasteiger partial charge in [-0.15, -0.1) is 11.3 Å². The summed E-state index contributed by atoms with van der Waals surface area (Å²) in [4.78, 5) is 28.1. The van der Waals surface area contributed by atoms with Gasteiger partial charge >= 0.3 is 5.97 Å². The molecule has 0 amide bonds. The van der Waals surface area contributed by atoms with Crippen LogP contribution in [-0.2, 0) is 6.54 Å². The molecular weight excluding hydrogens is 288 g/mol. The zero-order valence-electron chi connectivity index (χ0n) is 11.2. The van der Waals surface area contributed by atoms with Gasteiger partial charge in [-0.05, 0) is 36.1 Å². The lowest BCUT2D eigenvalue weighted by molar-refractivity contribution is 0.0701. The number of thiophene rings is 1. The molecule has 0 aliphatic heterocycles. The maximum atomic E-state index is 12.3. The molecule has 0 aliphatic rings. The Morgan fingerprint density at radius 2 is 2.10 bits per heavy atom. The van der Waals surface area contributed by atoms with Gasteiger partial charge in [-0.3, -0.25) is 4.79 Å².